The molecule has 104 valence electrons. The van der Waals surface area contributed by atoms with Crippen molar-refractivity contribution >= 4 is 5.97 Å². The number of ether oxygens (including phenoxy) is 2. The SMILES string of the molecule is C=C1C(=O)O[C@@H]2C[C@@]3(C)O[C@H]3CC/C(C)=C/[C@@H](O)[C@H]12. The van der Waals surface area contributed by atoms with Crippen LogP contribution in [0.4, 0.5) is 0 Å². The number of fused-ring (bicyclic) bond motifs is 2. The van der Waals surface area contributed by atoms with E-state index in [0.717, 1.165) is 18.4 Å². The molecule has 2 saturated heterocycles. The third-order valence-corrected chi connectivity index (χ3v) is 4.59. The van der Waals surface area contributed by atoms with E-state index in [0.29, 0.717) is 12.0 Å². The molecule has 0 aromatic rings. The molecular weight excluding hydrogens is 244 g/mol. The summed E-state index contributed by atoms with van der Waals surface area (Å²) in [6.07, 6.45) is 3.54. The number of hydrogen-bond donors (Lipinski definition) is 1. The number of hydrogen-bond acceptors (Lipinski definition) is 4. The first-order valence-corrected chi connectivity index (χ1v) is 6.84. The number of esters is 1. The molecule has 1 aliphatic carbocycles. The second kappa shape index (κ2) is 4.18. The van der Waals surface area contributed by atoms with E-state index in [2.05, 4.69) is 13.5 Å². The first-order valence-electron chi connectivity index (χ1n) is 6.84. The van der Waals surface area contributed by atoms with Gasteiger partial charge < -0.3 is 14.6 Å². The van der Waals surface area contributed by atoms with Crippen molar-refractivity contribution < 1.29 is 19.4 Å². The fourth-order valence-corrected chi connectivity index (χ4v) is 3.31. The van der Waals surface area contributed by atoms with Gasteiger partial charge in [-0.25, -0.2) is 4.79 Å². The van der Waals surface area contributed by atoms with Crippen LogP contribution in [0.1, 0.15) is 33.1 Å². The lowest BCUT2D eigenvalue weighted by Gasteiger charge is -2.24. The van der Waals surface area contributed by atoms with Gasteiger partial charge in [0.2, 0.25) is 0 Å². The van der Waals surface area contributed by atoms with Gasteiger partial charge >= 0.3 is 5.97 Å². The minimum atomic E-state index is -0.706. The average Bonchev–Trinajstić information content (AvgIpc) is 2.87. The van der Waals surface area contributed by atoms with Crippen LogP contribution in [-0.2, 0) is 14.3 Å². The van der Waals surface area contributed by atoms with Crippen LogP contribution in [0.15, 0.2) is 23.8 Å². The maximum atomic E-state index is 11.7. The second-order valence-corrected chi connectivity index (χ2v) is 6.16. The van der Waals surface area contributed by atoms with Crippen molar-refractivity contribution in [1.82, 2.24) is 0 Å². The van der Waals surface area contributed by atoms with Gasteiger partial charge in [-0.1, -0.05) is 18.2 Å². The van der Waals surface area contributed by atoms with Crippen molar-refractivity contribution in [3.05, 3.63) is 23.8 Å². The molecule has 0 aromatic carbocycles. The zero-order valence-corrected chi connectivity index (χ0v) is 11.4. The van der Waals surface area contributed by atoms with Crippen LogP contribution in [0, 0.1) is 5.92 Å². The molecule has 1 N–H and O–H groups in total. The number of epoxide rings is 1. The van der Waals surface area contributed by atoms with Crippen LogP contribution < -0.4 is 0 Å². The Bertz CT molecular complexity index is 467. The fraction of sp³-hybridized carbons (Fsp3) is 0.667. The van der Waals surface area contributed by atoms with E-state index in [-0.39, 0.29) is 29.7 Å². The van der Waals surface area contributed by atoms with Gasteiger partial charge in [0.15, 0.2) is 0 Å². The van der Waals surface area contributed by atoms with E-state index in [9.17, 15) is 9.90 Å². The van der Waals surface area contributed by atoms with Gasteiger partial charge in [0.1, 0.15) is 6.10 Å². The highest BCUT2D eigenvalue weighted by Crippen LogP contribution is 2.47. The topological polar surface area (TPSA) is 59.1 Å². The number of carbonyl (C=O) groups excluding carboxylic acids is 1. The molecule has 0 saturated carbocycles. The van der Waals surface area contributed by atoms with Crippen LogP contribution in [0.2, 0.25) is 0 Å². The summed E-state index contributed by atoms with van der Waals surface area (Å²) in [5.41, 5.74) is 1.28. The molecule has 0 radical (unpaired) electrons. The predicted octanol–water partition coefficient (Wildman–Crippen LogP) is 1.73. The van der Waals surface area contributed by atoms with E-state index in [4.69, 9.17) is 9.47 Å². The first-order chi connectivity index (χ1) is 8.90. The summed E-state index contributed by atoms with van der Waals surface area (Å²) in [4.78, 5) is 11.7. The Morgan fingerprint density at radius 3 is 3.00 bits per heavy atom. The molecule has 19 heavy (non-hydrogen) atoms. The van der Waals surface area contributed by atoms with Crippen molar-refractivity contribution in [2.45, 2.75) is 57.0 Å². The maximum absolute atomic E-state index is 11.7. The lowest BCUT2D eigenvalue weighted by Crippen LogP contribution is -2.32. The Labute approximate surface area is 113 Å². The second-order valence-electron chi connectivity index (χ2n) is 6.16. The molecule has 2 heterocycles. The monoisotopic (exact) mass is 264 g/mol. The zero-order valence-electron chi connectivity index (χ0n) is 11.4. The van der Waals surface area contributed by atoms with E-state index in [1.165, 1.54) is 0 Å². The Balaban J connectivity index is 1.92. The quantitative estimate of drug-likeness (QED) is 0.313. The summed E-state index contributed by atoms with van der Waals surface area (Å²) in [6.45, 7) is 7.83. The van der Waals surface area contributed by atoms with Crippen molar-refractivity contribution in [1.29, 1.82) is 0 Å². The minimum absolute atomic E-state index is 0.217. The highest BCUT2D eigenvalue weighted by molar-refractivity contribution is 5.91. The van der Waals surface area contributed by atoms with E-state index >= 15 is 0 Å². The fourth-order valence-electron chi connectivity index (χ4n) is 3.31. The van der Waals surface area contributed by atoms with Gasteiger partial charge in [-0.2, -0.15) is 0 Å². The zero-order chi connectivity index (χ0) is 13.8. The van der Waals surface area contributed by atoms with Gasteiger partial charge in [0.25, 0.3) is 0 Å². The van der Waals surface area contributed by atoms with Crippen LogP contribution >= 0.6 is 0 Å². The van der Waals surface area contributed by atoms with Crippen LogP contribution in [0.5, 0.6) is 0 Å². The number of allylic oxidation sites excluding steroid dienone is 1. The molecule has 4 heteroatoms. The Hall–Kier alpha value is -1.13. The molecule has 0 aromatic heterocycles. The number of aliphatic hydroxyl groups excluding tert-OH is 1. The van der Waals surface area contributed by atoms with Crippen molar-refractivity contribution in [3.8, 4) is 0 Å². The molecule has 4 nitrogen and oxygen atoms in total. The molecule has 0 spiro atoms. The predicted molar refractivity (Wildman–Crippen MR) is 69.4 cm³/mol. The normalized spacial score (nSPS) is 48.7. The summed E-state index contributed by atoms with van der Waals surface area (Å²) in [6, 6.07) is 0. The van der Waals surface area contributed by atoms with E-state index in [1.807, 2.05) is 13.0 Å². The minimum Gasteiger partial charge on any atom is -0.458 e. The third kappa shape index (κ3) is 2.13. The standard InChI is InChI=1S/C15H20O4/c1-8-4-5-12-15(3,19-12)7-11-13(10(16)6-8)9(2)14(17)18-11/h6,10-13,16H,2,4-5,7H2,1,3H3/b8-6+/t10-,11-,12+,13+,15-/m1/s1. The Kier molecular flexibility index (Phi) is 2.84. The molecule has 0 amide bonds. The van der Waals surface area contributed by atoms with E-state index < -0.39 is 6.10 Å². The third-order valence-electron chi connectivity index (χ3n) is 4.59. The average molecular weight is 264 g/mol. The lowest BCUT2D eigenvalue weighted by molar-refractivity contribution is -0.140. The Morgan fingerprint density at radius 1 is 1.53 bits per heavy atom. The number of carbonyl (C=O) groups is 1. The summed E-state index contributed by atoms with van der Waals surface area (Å²) >= 11 is 0. The first kappa shape index (κ1) is 12.9. The molecule has 5 atom stereocenters. The molecule has 2 fully saturated rings. The molecule has 3 aliphatic rings. The van der Waals surface area contributed by atoms with Gasteiger partial charge in [0.05, 0.1) is 23.7 Å². The smallest absolute Gasteiger partial charge is 0.334 e. The summed E-state index contributed by atoms with van der Waals surface area (Å²) in [5, 5.41) is 10.3. The summed E-state index contributed by atoms with van der Waals surface area (Å²) < 4.78 is 11.1. The number of rotatable bonds is 0. The molecule has 2 aliphatic heterocycles. The largest absolute Gasteiger partial charge is 0.458 e. The van der Waals surface area contributed by atoms with Crippen molar-refractivity contribution in [2.24, 2.45) is 5.92 Å². The Morgan fingerprint density at radius 2 is 2.26 bits per heavy atom. The molecule has 0 bridgehead atoms. The van der Waals surface area contributed by atoms with Crippen LogP contribution in [-0.4, -0.2) is 35.0 Å². The molecule has 3 rings (SSSR count). The maximum Gasteiger partial charge on any atom is 0.334 e. The van der Waals surface area contributed by atoms with Gasteiger partial charge in [-0.3, -0.25) is 0 Å². The lowest BCUT2D eigenvalue weighted by atomic mass is 9.83. The van der Waals surface area contributed by atoms with Gasteiger partial charge in [-0.15, -0.1) is 0 Å². The van der Waals surface area contributed by atoms with Gasteiger partial charge in [0, 0.05) is 12.0 Å². The highest BCUT2D eigenvalue weighted by Gasteiger charge is 2.56. The van der Waals surface area contributed by atoms with Gasteiger partial charge in [-0.05, 0) is 26.7 Å². The molecular formula is C15H20O4. The van der Waals surface area contributed by atoms with Crippen molar-refractivity contribution in [3.63, 3.8) is 0 Å². The number of aliphatic hydroxyl groups is 1. The van der Waals surface area contributed by atoms with Crippen LogP contribution in [0.3, 0.4) is 0 Å². The van der Waals surface area contributed by atoms with E-state index in [1.54, 1.807) is 0 Å². The van der Waals surface area contributed by atoms with Crippen LogP contribution in [0.25, 0.3) is 0 Å². The highest BCUT2D eigenvalue weighted by atomic mass is 16.6. The molecule has 0 unspecified atom stereocenters. The summed E-state index contributed by atoms with van der Waals surface area (Å²) in [5.74, 6) is -0.734. The van der Waals surface area contributed by atoms with Crippen molar-refractivity contribution in [2.75, 3.05) is 0 Å². The summed E-state index contributed by atoms with van der Waals surface area (Å²) in [7, 11) is 0.